The fourth-order valence-electron chi connectivity index (χ4n) is 6.55. The van der Waals surface area contributed by atoms with Crippen molar-refractivity contribution in [2.45, 2.75) is 48.5 Å². The number of benzene rings is 2. The van der Waals surface area contributed by atoms with Gasteiger partial charge in [0.1, 0.15) is 18.2 Å². The number of aliphatic hydroxyl groups is 1. The highest BCUT2D eigenvalue weighted by Gasteiger charge is 2.74. The first kappa shape index (κ1) is 24.9. The number of nitrogens with one attached hydrogen (secondary N) is 1. The molecular weight excluding hydrogens is 506 g/mol. The van der Waals surface area contributed by atoms with Gasteiger partial charge in [-0.2, -0.15) is 0 Å². The molecule has 2 aromatic carbocycles. The van der Waals surface area contributed by atoms with Crippen LogP contribution in [0.2, 0.25) is 0 Å². The molecule has 1 spiro atoms. The van der Waals surface area contributed by atoms with Crippen molar-refractivity contribution in [1.82, 2.24) is 25.2 Å². The highest BCUT2D eigenvalue weighted by Crippen LogP contribution is 2.67. The topological polar surface area (TPSA) is 127 Å². The van der Waals surface area contributed by atoms with Crippen LogP contribution in [0.1, 0.15) is 31.4 Å². The Bertz CT molecular complexity index is 1380. The van der Waals surface area contributed by atoms with Gasteiger partial charge >= 0.3 is 5.97 Å². The summed E-state index contributed by atoms with van der Waals surface area (Å²) in [4.78, 5) is 42.8. The van der Waals surface area contributed by atoms with Crippen LogP contribution in [0, 0.1) is 11.8 Å². The molecule has 11 heteroatoms. The quantitative estimate of drug-likeness (QED) is 0.419. The second-order valence-corrected chi connectivity index (χ2v) is 11.5. The lowest BCUT2D eigenvalue weighted by molar-refractivity contribution is -0.154. The zero-order valence-corrected chi connectivity index (χ0v) is 21.7. The minimum Gasteiger partial charge on any atom is -0.466 e. The maximum Gasteiger partial charge on any atom is 0.310 e. The van der Waals surface area contributed by atoms with E-state index in [1.165, 1.54) is 4.90 Å². The van der Waals surface area contributed by atoms with Gasteiger partial charge in [-0.1, -0.05) is 47.7 Å². The normalized spacial score (nSPS) is 28.5. The lowest BCUT2D eigenvalue weighted by atomic mass is 9.71. The molecule has 2 N–H and O–H groups in total. The van der Waals surface area contributed by atoms with Gasteiger partial charge in [-0.15, -0.1) is 16.9 Å². The maximum absolute atomic E-state index is 14.2. The van der Waals surface area contributed by atoms with Crippen molar-refractivity contribution >= 4 is 40.6 Å². The number of hydrogen-bond acceptors (Lipinski definition) is 8. The van der Waals surface area contributed by atoms with E-state index >= 15 is 0 Å². The number of nitrogens with zero attached hydrogens (tertiary/aromatic N) is 4. The van der Waals surface area contributed by atoms with Crippen molar-refractivity contribution in [2.24, 2.45) is 11.8 Å². The summed E-state index contributed by atoms with van der Waals surface area (Å²) < 4.78 is 6.20. The fourth-order valence-corrected chi connectivity index (χ4v) is 8.74. The van der Waals surface area contributed by atoms with Gasteiger partial charge in [0, 0.05) is 5.25 Å². The van der Waals surface area contributed by atoms with Gasteiger partial charge < -0.3 is 20.1 Å². The first-order chi connectivity index (χ1) is 18.5. The third kappa shape index (κ3) is 3.70. The standard InChI is InChI=1S/C27H29N5O5S/c1-2-37-26(36)21-20-12-13-27(38-20)22(21)25(35)32(19(14-33)16-8-4-3-5-9-16)23(27)24(34)28-15-31-18-11-7-6-10-17(18)29-30-31/h3-11,19-23,33H,2,12-15H2,1H3,(H,28,34)/t19-,20-,21+,22+,23?,27?/m1/s1. The molecule has 3 aliphatic rings. The van der Waals surface area contributed by atoms with E-state index in [2.05, 4.69) is 15.6 Å². The number of ether oxygens (including phenoxy) is 1. The van der Waals surface area contributed by atoms with E-state index in [1.807, 2.05) is 54.6 Å². The molecule has 2 bridgehead atoms. The van der Waals surface area contributed by atoms with Crippen molar-refractivity contribution in [2.75, 3.05) is 13.2 Å². The Morgan fingerprint density at radius 2 is 1.97 bits per heavy atom. The number of thioether (sulfide) groups is 1. The molecule has 3 aliphatic heterocycles. The van der Waals surface area contributed by atoms with Gasteiger partial charge in [-0.25, -0.2) is 4.68 Å². The molecule has 198 valence electrons. The van der Waals surface area contributed by atoms with Crippen LogP contribution in [0.4, 0.5) is 0 Å². The highest BCUT2D eigenvalue weighted by atomic mass is 32.2. The molecule has 6 atom stereocenters. The molecule has 0 aliphatic carbocycles. The molecule has 4 heterocycles. The summed E-state index contributed by atoms with van der Waals surface area (Å²) in [6, 6.07) is 15.1. The Morgan fingerprint density at radius 1 is 1.21 bits per heavy atom. The molecule has 0 radical (unpaired) electrons. The van der Waals surface area contributed by atoms with Crippen molar-refractivity contribution < 1.29 is 24.2 Å². The van der Waals surface area contributed by atoms with Crippen molar-refractivity contribution in [3.63, 3.8) is 0 Å². The van der Waals surface area contributed by atoms with Gasteiger partial charge in [0.15, 0.2) is 0 Å². The molecule has 2 unspecified atom stereocenters. The van der Waals surface area contributed by atoms with Crippen LogP contribution in [0.15, 0.2) is 54.6 Å². The summed E-state index contributed by atoms with van der Waals surface area (Å²) in [5, 5.41) is 21.7. The van der Waals surface area contributed by atoms with E-state index in [9.17, 15) is 19.5 Å². The summed E-state index contributed by atoms with van der Waals surface area (Å²) in [7, 11) is 0. The molecule has 1 aromatic heterocycles. The van der Waals surface area contributed by atoms with Gasteiger partial charge in [0.2, 0.25) is 11.8 Å². The van der Waals surface area contributed by atoms with Gasteiger partial charge in [-0.3, -0.25) is 14.4 Å². The third-order valence-electron chi connectivity index (χ3n) is 8.06. The Labute approximate surface area is 223 Å². The number of aliphatic hydroxyl groups excluding tert-OH is 1. The van der Waals surface area contributed by atoms with Gasteiger partial charge in [-0.05, 0) is 37.5 Å². The number of aromatic nitrogens is 3. The summed E-state index contributed by atoms with van der Waals surface area (Å²) in [5.41, 5.74) is 2.22. The van der Waals surface area contributed by atoms with Crippen LogP contribution in [-0.4, -0.2) is 72.0 Å². The van der Waals surface area contributed by atoms with E-state index in [4.69, 9.17) is 4.74 Å². The Kier molecular flexibility index (Phi) is 6.35. The van der Waals surface area contributed by atoms with E-state index in [-0.39, 0.29) is 42.9 Å². The first-order valence-electron chi connectivity index (χ1n) is 12.9. The molecule has 3 fully saturated rings. The molecule has 0 saturated carbocycles. The predicted molar refractivity (Wildman–Crippen MR) is 140 cm³/mol. The van der Waals surface area contributed by atoms with Gasteiger partial charge in [0.25, 0.3) is 0 Å². The number of carbonyl (C=O) groups is 3. The molecule has 3 aromatic rings. The Hall–Kier alpha value is -3.44. The first-order valence-corrected chi connectivity index (χ1v) is 13.8. The Morgan fingerprint density at radius 3 is 2.74 bits per heavy atom. The van der Waals surface area contributed by atoms with Gasteiger partial charge in [0.05, 0.1) is 41.4 Å². The van der Waals surface area contributed by atoms with Crippen molar-refractivity contribution in [3.05, 3.63) is 60.2 Å². The lowest BCUT2D eigenvalue weighted by Crippen LogP contribution is -2.54. The summed E-state index contributed by atoms with van der Waals surface area (Å²) in [6.07, 6.45) is 1.35. The average Bonchev–Trinajstić information content (AvgIpc) is 3.68. The predicted octanol–water partition coefficient (Wildman–Crippen LogP) is 1.89. The summed E-state index contributed by atoms with van der Waals surface area (Å²) in [6.45, 7) is 1.69. The van der Waals surface area contributed by atoms with E-state index in [0.29, 0.717) is 11.9 Å². The number of rotatable bonds is 8. The van der Waals surface area contributed by atoms with Crippen LogP contribution < -0.4 is 5.32 Å². The summed E-state index contributed by atoms with van der Waals surface area (Å²) >= 11 is 1.56. The second kappa shape index (κ2) is 9.70. The number of carbonyl (C=O) groups excluding carboxylic acids is 3. The molecule has 2 amide bonds. The number of esters is 1. The number of fused-ring (bicyclic) bond motifs is 2. The minimum atomic E-state index is -0.874. The van der Waals surface area contributed by atoms with Crippen LogP contribution in [0.3, 0.4) is 0 Å². The summed E-state index contributed by atoms with van der Waals surface area (Å²) in [5.74, 6) is -2.32. The zero-order valence-electron chi connectivity index (χ0n) is 20.9. The van der Waals surface area contributed by atoms with Crippen LogP contribution in [-0.2, 0) is 25.8 Å². The Balaban J connectivity index is 1.37. The second-order valence-electron chi connectivity index (χ2n) is 9.94. The van der Waals surface area contributed by atoms with Crippen molar-refractivity contribution in [1.29, 1.82) is 0 Å². The van der Waals surface area contributed by atoms with Crippen LogP contribution in [0.25, 0.3) is 11.0 Å². The lowest BCUT2D eigenvalue weighted by Gasteiger charge is -2.37. The zero-order chi connectivity index (χ0) is 26.4. The monoisotopic (exact) mass is 535 g/mol. The number of amides is 2. The number of hydrogen-bond donors (Lipinski definition) is 2. The molecule has 6 rings (SSSR count). The molecule has 3 saturated heterocycles. The third-order valence-corrected chi connectivity index (χ3v) is 10.0. The van der Waals surface area contributed by atoms with Crippen molar-refractivity contribution in [3.8, 4) is 0 Å². The van der Waals surface area contributed by atoms with Crippen LogP contribution in [0.5, 0.6) is 0 Å². The molecule has 38 heavy (non-hydrogen) atoms. The highest BCUT2D eigenvalue weighted by molar-refractivity contribution is 8.02. The van der Waals surface area contributed by atoms with E-state index < -0.39 is 28.7 Å². The van der Waals surface area contributed by atoms with E-state index in [1.54, 1.807) is 23.4 Å². The largest absolute Gasteiger partial charge is 0.466 e. The molecular formula is C27H29N5O5S. The SMILES string of the molecule is CCOC(=O)[C@@H]1[C@H]2C(=O)N([C@H](CO)c3ccccc3)C(C(=O)NCn3nnc4ccccc43)C23CC[C@H]1S3. The smallest absolute Gasteiger partial charge is 0.310 e. The minimum absolute atomic E-state index is 0.0726. The molecule has 10 nitrogen and oxygen atoms in total. The average molecular weight is 536 g/mol. The van der Waals surface area contributed by atoms with Crippen LogP contribution >= 0.6 is 11.8 Å². The maximum atomic E-state index is 14.2. The van der Waals surface area contributed by atoms with E-state index in [0.717, 1.165) is 17.5 Å². The number of para-hydroxylation sites is 1. The fraction of sp³-hybridized carbons (Fsp3) is 0.444. The number of likely N-dealkylation sites (tertiary alicyclic amines) is 1.